The Balaban J connectivity index is 2.24. The van der Waals surface area contributed by atoms with Crippen LogP contribution < -0.4 is 4.74 Å². The van der Waals surface area contributed by atoms with Crippen LogP contribution in [0, 0.1) is 0 Å². The van der Waals surface area contributed by atoms with Crippen molar-refractivity contribution in [1.82, 2.24) is 9.21 Å². The van der Waals surface area contributed by atoms with Crippen molar-refractivity contribution in [3.05, 3.63) is 58.6 Å². The highest BCUT2D eigenvalue weighted by Crippen LogP contribution is 2.26. The van der Waals surface area contributed by atoms with Gasteiger partial charge in [0.2, 0.25) is 10.0 Å². The Labute approximate surface area is 178 Å². The lowest BCUT2D eigenvalue weighted by molar-refractivity contribution is 0.0785. The fraction of sp³-hybridized carbons (Fsp3) is 0.381. The molecule has 0 spiro atoms. The molecule has 0 N–H and O–H groups in total. The molecule has 0 saturated carbocycles. The van der Waals surface area contributed by atoms with E-state index in [1.54, 1.807) is 27.0 Å². The molecule has 2 rings (SSSR count). The van der Waals surface area contributed by atoms with Crippen molar-refractivity contribution in [3.8, 4) is 5.75 Å². The first-order valence-corrected chi connectivity index (χ1v) is 11.3. The molecule has 0 atom stereocenters. The van der Waals surface area contributed by atoms with Gasteiger partial charge in [-0.05, 0) is 42.8 Å². The number of hydrogen-bond acceptors (Lipinski definition) is 4. The van der Waals surface area contributed by atoms with Gasteiger partial charge in [-0.25, -0.2) is 8.42 Å². The lowest BCUT2D eigenvalue weighted by Gasteiger charge is -2.21. The number of benzene rings is 2. The van der Waals surface area contributed by atoms with Crippen molar-refractivity contribution in [3.63, 3.8) is 0 Å². The van der Waals surface area contributed by atoms with E-state index >= 15 is 0 Å². The summed E-state index contributed by atoms with van der Waals surface area (Å²) >= 11 is 6.15. The normalized spacial score (nSPS) is 11.5. The van der Waals surface area contributed by atoms with Gasteiger partial charge in [-0.3, -0.25) is 4.79 Å². The van der Waals surface area contributed by atoms with Gasteiger partial charge < -0.3 is 9.64 Å². The topological polar surface area (TPSA) is 66.9 Å². The van der Waals surface area contributed by atoms with Crippen molar-refractivity contribution in [2.75, 3.05) is 26.7 Å². The van der Waals surface area contributed by atoms with Gasteiger partial charge in [0.1, 0.15) is 10.6 Å². The average Bonchev–Trinajstić information content (AvgIpc) is 2.70. The Hall–Kier alpha value is -2.09. The van der Waals surface area contributed by atoms with Crippen LogP contribution in [-0.2, 0) is 16.6 Å². The molecule has 0 aliphatic rings. The predicted octanol–water partition coefficient (Wildman–Crippen LogP) is 4.04. The zero-order chi connectivity index (χ0) is 21.6. The minimum Gasteiger partial charge on any atom is -0.494 e. The Kier molecular flexibility index (Phi) is 8.07. The molecule has 2 aromatic rings. The van der Waals surface area contributed by atoms with E-state index in [1.165, 1.54) is 21.3 Å². The highest BCUT2D eigenvalue weighted by atomic mass is 35.5. The van der Waals surface area contributed by atoms with Crippen molar-refractivity contribution >= 4 is 27.5 Å². The summed E-state index contributed by atoms with van der Waals surface area (Å²) in [6.45, 7) is 7.05. The number of amides is 1. The number of nitrogens with zero attached hydrogens (tertiary/aromatic N) is 2. The van der Waals surface area contributed by atoms with Crippen molar-refractivity contribution < 1.29 is 17.9 Å². The quantitative estimate of drug-likeness (QED) is 0.592. The van der Waals surface area contributed by atoms with E-state index in [9.17, 15) is 13.2 Å². The van der Waals surface area contributed by atoms with E-state index < -0.39 is 10.0 Å². The van der Waals surface area contributed by atoms with Gasteiger partial charge in [0.25, 0.3) is 5.91 Å². The van der Waals surface area contributed by atoms with E-state index in [0.29, 0.717) is 26.2 Å². The van der Waals surface area contributed by atoms with Crippen molar-refractivity contribution in [2.24, 2.45) is 0 Å². The Morgan fingerprint density at radius 1 is 1.03 bits per heavy atom. The van der Waals surface area contributed by atoms with Gasteiger partial charge in [0, 0.05) is 32.2 Å². The molecular weight excluding hydrogens is 412 g/mol. The third-order valence-corrected chi connectivity index (χ3v) is 7.03. The maximum absolute atomic E-state index is 12.9. The van der Waals surface area contributed by atoms with E-state index in [0.717, 1.165) is 11.3 Å². The molecule has 0 radical (unpaired) electrons. The predicted molar refractivity (Wildman–Crippen MR) is 115 cm³/mol. The molecule has 8 heteroatoms. The van der Waals surface area contributed by atoms with E-state index in [1.807, 2.05) is 31.2 Å². The fourth-order valence-electron chi connectivity index (χ4n) is 2.96. The van der Waals surface area contributed by atoms with Gasteiger partial charge >= 0.3 is 0 Å². The summed E-state index contributed by atoms with van der Waals surface area (Å²) < 4.78 is 32.4. The molecule has 0 aliphatic heterocycles. The molecule has 0 fully saturated rings. The van der Waals surface area contributed by atoms with Crippen molar-refractivity contribution in [2.45, 2.75) is 32.2 Å². The standard InChI is InChI=1S/C21H27ClN2O4S/c1-5-24(6-2)29(26,27)20-14-17(10-13-19(20)22)21(25)23(4)15-16-8-11-18(12-9-16)28-7-3/h8-14H,5-7,15H2,1-4H3. The second-order valence-electron chi connectivity index (χ2n) is 6.47. The molecule has 0 bridgehead atoms. The molecule has 29 heavy (non-hydrogen) atoms. The summed E-state index contributed by atoms with van der Waals surface area (Å²) in [6, 6.07) is 11.9. The van der Waals surface area contributed by atoms with Crippen LogP contribution >= 0.6 is 11.6 Å². The molecule has 0 saturated heterocycles. The summed E-state index contributed by atoms with van der Waals surface area (Å²) in [5.41, 5.74) is 1.21. The third kappa shape index (κ3) is 5.50. The number of halogens is 1. The SMILES string of the molecule is CCOc1ccc(CN(C)C(=O)c2ccc(Cl)c(S(=O)(=O)N(CC)CC)c2)cc1. The average molecular weight is 439 g/mol. The molecule has 0 heterocycles. The van der Waals surface area contributed by atoms with Gasteiger partial charge in [0.15, 0.2) is 0 Å². The van der Waals surface area contributed by atoms with Crippen LogP contribution in [-0.4, -0.2) is 50.3 Å². The summed E-state index contributed by atoms with van der Waals surface area (Å²) in [4.78, 5) is 14.3. The second-order valence-corrected chi connectivity index (χ2v) is 8.79. The highest BCUT2D eigenvalue weighted by Gasteiger charge is 2.26. The summed E-state index contributed by atoms with van der Waals surface area (Å²) in [7, 11) is -2.09. The van der Waals surface area contributed by atoms with Crippen LogP contribution in [0.5, 0.6) is 5.75 Å². The maximum atomic E-state index is 12.9. The van der Waals surface area contributed by atoms with Crippen LogP contribution in [0.15, 0.2) is 47.4 Å². The molecule has 6 nitrogen and oxygen atoms in total. The van der Waals surface area contributed by atoms with Gasteiger partial charge in [0.05, 0.1) is 11.6 Å². The molecule has 2 aromatic carbocycles. The van der Waals surface area contributed by atoms with Crippen LogP contribution in [0.2, 0.25) is 5.02 Å². The van der Waals surface area contributed by atoms with Crippen LogP contribution in [0.3, 0.4) is 0 Å². The lowest BCUT2D eigenvalue weighted by atomic mass is 10.1. The number of ether oxygens (including phenoxy) is 1. The number of rotatable bonds is 9. The second kappa shape index (κ2) is 10.1. The van der Waals surface area contributed by atoms with Gasteiger partial charge in [-0.2, -0.15) is 4.31 Å². The van der Waals surface area contributed by atoms with Gasteiger partial charge in [-0.15, -0.1) is 0 Å². The largest absolute Gasteiger partial charge is 0.494 e. The Morgan fingerprint density at radius 3 is 2.21 bits per heavy atom. The van der Waals surface area contributed by atoms with Crippen LogP contribution in [0.4, 0.5) is 0 Å². The zero-order valence-electron chi connectivity index (χ0n) is 17.2. The molecular formula is C21H27ClN2O4S. The highest BCUT2D eigenvalue weighted by molar-refractivity contribution is 7.89. The first-order chi connectivity index (χ1) is 13.7. The molecule has 1 amide bonds. The maximum Gasteiger partial charge on any atom is 0.253 e. The lowest BCUT2D eigenvalue weighted by Crippen LogP contribution is -2.31. The first kappa shape index (κ1) is 23.2. The molecule has 0 aromatic heterocycles. The Bertz CT molecular complexity index is 942. The number of sulfonamides is 1. The zero-order valence-corrected chi connectivity index (χ0v) is 18.8. The van der Waals surface area contributed by atoms with Crippen LogP contribution in [0.1, 0.15) is 36.7 Å². The Morgan fingerprint density at radius 2 is 1.66 bits per heavy atom. The summed E-state index contributed by atoms with van der Waals surface area (Å²) in [6.07, 6.45) is 0. The summed E-state index contributed by atoms with van der Waals surface area (Å²) in [5.74, 6) is 0.487. The van der Waals surface area contributed by atoms with Gasteiger partial charge in [-0.1, -0.05) is 37.6 Å². The number of carbonyl (C=O) groups is 1. The first-order valence-electron chi connectivity index (χ1n) is 9.51. The molecule has 158 valence electrons. The third-order valence-electron chi connectivity index (χ3n) is 4.50. The van der Waals surface area contributed by atoms with E-state index in [-0.39, 0.29) is 21.4 Å². The summed E-state index contributed by atoms with van der Waals surface area (Å²) in [5, 5.41) is 0.0996. The minimum absolute atomic E-state index is 0.0526. The molecule has 0 aliphatic carbocycles. The number of carbonyl (C=O) groups excluding carboxylic acids is 1. The smallest absolute Gasteiger partial charge is 0.253 e. The monoisotopic (exact) mass is 438 g/mol. The fourth-order valence-corrected chi connectivity index (χ4v) is 4.92. The number of hydrogen-bond donors (Lipinski definition) is 0. The minimum atomic E-state index is -3.77. The van der Waals surface area contributed by atoms with Crippen LogP contribution in [0.25, 0.3) is 0 Å². The van der Waals surface area contributed by atoms with E-state index in [4.69, 9.17) is 16.3 Å². The van der Waals surface area contributed by atoms with Crippen molar-refractivity contribution in [1.29, 1.82) is 0 Å². The van der Waals surface area contributed by atoms with E-state index in [2.05, 4.69) is 0 Å². The molecule has 0 unspecified atom stereocenters.